The molecule has 0 spiro atoms. The van der Waals surface area contributed by atoms with Crippen LogP contribution in [0.2, 0.25) is 0 Å². The molecule has 2 aliphatic rings. The highest BCUT2D eigenvalue weighted by Gasteiger charge is 2.46. The van der Waals surface area contributed by atoms with Gasteiger partial charge in [0.1, 0.15) is 12.1 Å². The fourth-order valence-electron chi connectivity index (χ4n) is 2.72. The summed E-state index contributed by atoms with van der Waals surface area (Å²) >= 11 is 0. The van der Waals surface area contributed by atoms with Crippen molar-refractivity contribution < 1.29 is 14.3 Å². The number of piperazine rings is 1. The lowest BCUT2D eigenvalue weighted by Crippen LogP contribution is -2.64. The number of nitrogens with zero attached hydrogens (tertiary/aromatic N) is 2. The molecule has 0 aromatic heterocycles. The van der Waals surface area contributed by atoms with Crippen LogP contribution in [0.5, 0.6) is 0 Å². The van der Waals surface area contributed by atoms with E-state index in [1.165, 1.54) is 0 Å². The molecule has 2 fully saturated rings. The van der Waals surface area contributed by atoms with Crippen LogP contribution < -0.4 is 5.32 Å². The molecule has 1 heterocycles. The number of rotatable bonds is 8. The first kappa shape index (κ1) is 16.2. The van der Waals surface area contributed by atoms with E-state index in [1.54, 1.807) is 4.90 Å². The molecule has 0 aromatic rings. The van der Waals surface area contributed by atoms with Gasteiger partial charge >= 0.3 is 0 Å². The Bertz CT molecular complexity index is 382. The van der Waals surface area contributed by atoms with Gasteiger partial charge in [-0.3, -0.25) is 9.59 Å². The third-order valence-corrected chi connectivity index (χ3v) is 4.17. The molecule has 21 heavy (non-hydrogen) atoms. The molecule has 1 aliphatic heterocycles. The molecule has 2 atom stereocenters. The molecule has 6 heteroatoms. The molecule has 0 aromatic carbocycles. The van der Waals surface area contributed by atoms with Gasteiger partial charge in [0, 0.05) is 13.1 Å². The quantitative estimate of drug-likeness (QED) is 0.645. The first-order valence-corrected chi connectivity index (χ1v) is 7.88. The maximum Gasteiger partial charge on any atom is 0.246 e. The van der Waals surface area contributed by atoms with Crippen LogP contribution in [0.1, 0.15) is 26.2 Å². The summed E-state index contributed by atoms with van der Waals surface area (Å²) in [5.41, 5.74) is 0. The Morgan fingerprint density at radius 1 is 1.29 bits per heavy atom. The smallest absolute Gasteiger partial charge is 0.246 e. The summed E-state index contributed by atoms with van der Waals surface area (Å²) in [6.07, 6.45) is 2.73. The molecule has 1 N–H and O–H groups in total. The second kappa shape index (κ2) is 7.22. The van der Waals surface area contributed by atoms with Crippen LogP contribution in [0.4, 0.5) is 0 Å². The first-order valence-electron chi connectivity index (χ1n) is 7.88. The van der Waals surface area contributed by atoms with E-state index in [1.807, 2.05) is 21.0 Å². The summed E-state index contributed by atoms with van der Waals surface area (Å²) in [7, 11) is 3.99. The zero-order valence-electron chi connectivity index (χ0n) is 13.3. The molecule has 2 rings (SSSR count). The second-order valence-electron chi connectivity index (χ2n) is 6.20. The lowest BCUT2D eigenvalue weighted by atomic mass is 10.0. The number of carbonyl (C=O) groups excluding carboxylic acids is 2. The topological polar surface area (TPSA) is 61.9 Å². The summed E-state index contributed by atoms with van der Waals surface area (Å²) in [6.45, 7) is 4.43. The van der Waals surface area contributed by atoms with Crippen molar-refractivity contribution in [3.05, 3.63) is 0 Å². The second-order valence-corrected chi connectivity index (χ2v) is 6.20. The highest BCUT2D eigenvalue weighted by Crippen LogP contribution is 2.35. The van der Waals surface area contributed by atoms with E-state index >= 15 is 0 Å². The zero-order valence-corrected chi connectivity index (χ0v) is 13.3. The van der Waals surface area contributed by atoms with Crippen molar-refractivity contribution >= 4 is 11.8 Å². The number of likely N-dealkylation sites (N-methyl/N-ethyl adjacent to an activating group) is 1. The van der Waals surface area contributed by atoms with Gasteiger partial charge in [0.15, 0.2) is 0 Å². The van der Waals surface area contributed by atoms with Crippen LogP contribution in [0.25, 0.3) is 0 Å². The van der Waals surface area contributed by atoms with E-state index in [9.17, 15) is 9.59 Å². The van der Waals surface area contributed by atoms with Gasteiger partial charge in [0.25, 0.3) is 0 Å². The third kappa shape index (κ3) is 4.17. The first-order chi connectivity index (χ1) is 10.0. The van der Waals surface area contributed by atoms with Crippen molar-refractivity contribution in [1.82, 2.24) is 15.1 Å². The average Bonchev–Trinajstić information content (AvgIpc) is 3.25. The van der Waals surface area contributed by atoms with Crippen molar-refractivity contribution in [3.63, 3.8) is 0 Å². The van der Waals surface area contributed by atoms with E-state index in [-0.39, 0.29) is 23.9 Å². The summed E-state index contributed by atoms with van der Waals surface area (Å²) in [5, 5.41) is 2.90. The monoisotopic (exact) mass is 297 g/mol. The predicted molar refractivity (Wildman–Crippen MR) is 79.8 cm³/mol. The largest absolute Gasteiger partial charge is 0.378 e. The van der Waals surface area contributed by atoms with Gasteiger partial charge in [-0.15, -0.1) is 0 Å². The van der Waals surface area contributed by atoms with Crippen LogP contribution in [-0.4, -0.2) is 74.1 Å². The third-order valence-electron chi connectivity index (χ3n) is 4.17. The molecule has 1 saturated carbocycles. The SMILES string of the molecule is CCC1C(=O)NC(C2CC2)C(=O)N1CCOCCN(C)C. The summed E-state index contributed by atoms with van der Waals surface area (Å²) in [4.78, 5) is 28.5. The van der Waals surface area contributed by atoms with Crippen LogP contribution in [0.15, 0.2) is 0 Å². The number of ether oxygens (including phenoxy) is 1. The van der Waals surface area contributed by atoms with Gasteiger partial charge < -0.3 is 19.9 Å². The molecule has 2 unspecified atom stereocenters. The number of hydrogen-bond donors (Lipinski definition) is 1. The number of carbonyl (C=O) groups is 2. The molecule has 6 nitrogen and oxygen atoms in total. The summed E-state index contributed by atoms with van der Waals surface area (Å²) in [6, 6.07) is -0.646. The zero-order chi connectivity index (χ0) is 15.4. The Balaban J connectivity index is 1.86. The minimum atomic E-state index is -0.343. The van der Waals surface area contributed by atoms with Gasteiger partial charge in [0.2, 0.25) is 11.8 Å². The molecule has 1 saturated heterocycles. The van der Waals surface area contributed by atoms with E-state index in [0.29, 0.717) is 32.1 Å². The summed E-state index contributed by atoms with van der Waals surface area (Å²) < 4.78 is 5.57. The standard InChI is InChI=1S/C15H27N3O3/c1-4-12-14(19)16-13(11-5-6-11)15(20)18(12)8-10-21-9-7-17(2)3/h11-13H,4-10H2,1-3H3,(H,16,19). The number of hydrogen-bond acceptors (Lipinski definition) is 4. The molecular weight excluding hydrogens is 270 g/mol. The minimum Gasteiger partial charge on any atom is -0.378 e. The van der Waals surface area contributed by atoms with Crippen LogP contribution in [0, 0.1) is 5.92 Å². The Morgan fingerprint density at radius 2 is 2.00 bits per heavy atom. The average molecular weight is 297 g/mol. The van der Waals surface area contributed by atoms with Gasteiger partial charge in [0.05, 0.1) is 13.2 Å². The normalized spacial score (nSPS) is 26.4. The molecule has 2 amide bonds. The van der Waals surface area contributed by atoms with Crippen molar-refractivity contribution in [2.45, 2.75) is 38.3 Å². The van der Waals surface area contributed by atoms with Crippen molar-refractivity contribution in [2.24, 2.45) is 5.92 Å². The molecule has 0 bridgehead atoms. The van der Waals surface area contributed by atoms with E-state index in [0.717, 1.165) is 19.4 Å². The van der Waals surface area contributed by atoms with E-state index in [4.69, 9.17) is 4.74 Å². The molecule has 120 valence electrons. The van der Waals surface area contributed by atoms with E-state index in [2.05, 4.69) is 10.2 Å². The fourth-order valence-corrected chi connectivity index (χ4v) is 2.72. The Hall–Kier alpha value is -1.14. The Kier molecular flexibility index (Phi) is 5.58. The van der Waals surface area contributed by atoms with Gasteiger partial charge in [-0.05, 0) is 39.3 Å². The highest BCUT2D eigenvalue weighted by atomic mass is 16.5. The van der Waals surface area contributed by atoms with E-state index < -0.39 is 0 Å². The lowest BCUT2D eigenvalue weighted by Gasteiger charge is -2.38. The molecule has 0 radical (unpaired) electrons. The highest BCUT2D eigenvalue weighted by molar-refractivity contribution is 5.97. The van der Waals surface area contributed by atoms with Crippen molar-refractivity contribution in [1.29, 1.82) is 0 Å². The molecule has 1 aliphatic carbocycles. The maximum atomic E-state index is 12.5. The van der Waals surface area contributed by atoms with Crippen LogP contribution in [0.3, 0.4) is 0 Å². The Morgan fingerprint density at radius 3 is 2.57 bits per heavy atom. The fraction of sp³-hybridized carbons (Fsp3) is 0.867. The lowest BCUT2D eigenvalue weighted by molar-refractivity contribution is -0.150. The number of nitrogens with one attached hydrogen (secondary N) is 1. The van der Waals surface area contributed by atoms with Crippen molar-refractivity contribution in [2.75, 3.05) is 40.4 Å². The Labute approximate surface area is 126 Å². The molecular formula is C15H27N3O3. The van der Waals surface area contributed by atoms with Gasteiger partial charge in [-0.1, -0.05) is 6.92 Å². The number of amides is 2. The van der Waals surface area contributed by atoms with Gasteiger partial charge in [-0.25, -0.2) is 0 Å². The van der Waals surface area contributed by atoms with Crippen molar-refractivity contribution in [3.8, 4) is 0 Å². The minimum absolute atomic E-state index is 0.0118. The van der Waals surface area contributed by atoms with Gasteiger partial charge in [-0.2, -0.15) is 0 Å². The predicted octanol–water partition coefficient (Wildman–Crippen LogP) is 0.0802. The summed E-state index contributed by atoms with van der Waals surface area (Å²) in [5.74, 6) is 0.402. The maximum absolute atomic E-state index is 12.5. The van der Waals surface area contributed by atoms with Crippen LogP contribution in [-0.2, 0) is 14.3 Å². The van der Waals surface area contributed by atoms with Crippen LogP contribution >= 0.6 is 0 Å².